The van der Waals surface area contributed by atoms with Gasteiger partial charge in [0.05, 0.1) is 12.1 Å². The molecule has 0 unspecified atom stereocenters. The Balaban J connectivity index is 2.30. The van der Waals surface area contributed by atoms with E-state index >= 15 is 0 Å². The molecule has 1 saturated heterocycles. The molecule has 0 aromatic rings. The average molecular weight is 252 g/mol. The van der Waals surface area contributed by atoms with Gasteiger partial charge in [0.25, 0.3) is 0 Å². The molecule has 0 saturated carbocycles. The number of imide groups is 1. The highest BCUT2D eigenvalue weighted by molar-refractivity contribution is 6.01. The molecular formula is C10H12N4O4. The van der Waals surface area contributed by atoms with Crippen molar-refractivity contribution in [3.63, 3.8) is 0 Å². The summed E-state index contributed by atoms with van der Waals surface area (Å²) < 4.78 is 0. The zero-order chi connectivity index (χ0) is 13.3. The van der Waals surface area contributed by atoms with Crippen LogP contribution < -0.4 is 11.3 Å². The van der Waals surface area contributed by atoms with Crippen LogP contribution in [-0.2, 0) is 14.4 Å². The Morgan fingerprint density at radius 2 is 1.89 bits per heavy atom. The van der Waals surface area contributed by atoms with Crippen molar-refractivity contribution < 1.29 is 19.5 Å². The van der Waals surface area contributed by atoms with Crippen molar-refractivity contribution in [1.29, 1.82) is 0 Å². The summed E-state index contributed by atoms with van der Waals surface area (Å²) in [7, 11) is 0. The first-order chi connectivity index (χ1) is 8.54. The fraction of sp³-hybridized carbons (Fsp3) is 0.300. The lowest BCUT2D eigenvalue weighted by Gasteiger charge is -2.34. The summed E-state index contributed by atoms with van der Waals surface area (Å²) in [4.78, 5) is 34.2. The molecule has 0 atom stereocenters. The lowest BCUT2D eigenvalue weighted by Crippen LogP contribution is -2.51. The van der Waals surface area contributed by atoms with Crippen LogP contribution in [0.1, 0.15) is 12.8 Å². The molecular weight excluding hydrogens is 240 g/mol. The average Bonchev–Trinajstić information content (AvgIpc) is 2.68. The molecule has 2 aliphatic rings. The topological polar surface area (TPSA) is 116 Å². The van der Waals surface area contributed by atoms with Gasteiger partial charge in [-0.25, -0.2) is 10.6 Å². The van der Waals surface area contributed by atoms with Gasteiger partial charge in [0, 0.05) is 12.8 Å². The first-order valence-electron chi connectivity index (χ1n) is 5.28. The molecule has 8 nitrogen and oxygen atoms in total. The SMILES string of the molecule is NNC1=CC=C(C(=O)O)CN1N1C(=O)CCC1=O. The molecule has 8 heteroatoms. The number of allylic oxidation sites excluding steroid dienone is 2. The number of rotatable bonds is 3. The molecule has 96 valence electrons. The van der Waals surface area contributed by atoms with Crippen molar-refractivity contribution in [2.45, 2.75) is 12.8 Å². The number of nitrogens with one attached hydrogen (secondary N) is 1. The molecule has 2 heterocycles. The van der Waals surface area contributed by atoms with Crippen LogP contribution >= 0.6 is 0 Å². The van der Waals surface area contributed by atoms with E-state index in [4.69, 9.17) is 10.9 Å². The molecule has 0 aliphatic carbocycles. The lowest BCUT2D eigenvalue weighted by molar-refractivity contribution is -0.155. The molecule has 0 aromatic heterocycles. The number of carboxylic acid groups (broad SMARTS) is 1. The number of nitrogens with zero attached hydrogens (tertiary/aromatic N) is 2. The number of carbonyl (C=O) groups is 3. The van der Waals surface area contributed by atoms with E-state index in [1.807, 2.05) is 0 Å². The van der Waals surface area contributed by atoms with Crippen molar-refractivity contribution in [3.05, 3.63) is 23.5 Å². The summed E-state index contributed by atoms with van der Waals surface area (Å²) in [6, 6.07) is 0. The lowest BCUT2D eigenvalue weighted by atomic mass is 10.2. The summed E-state index contributed by atoms with van der Waals surface area (Å²) >= 11 is 0. The molecule has 0 radical (unpaired) electrons. The fourth-order valence-electron chi connectivity index (χ4n) is 1.84. The monoisotopic (exact) mass is 252 g/mol. The van der Waals surface area contributed by atoms with E-state index in [1.54, 1.807) is 0 Å². The van der Waals surface area contributed by atoms with Crippen LogP contribution in [0.3, 0.4) is 0 Å². The number of hydrogen-bond acceptors (Lipinski definition) is 6. The van der Waals surface area contributed by atoms with Crippen LogP contribution in [0.25, 0.3) is 0 Å². The van der Waals surface area contributed by atoms with Gasteiger partial charge in [0.2, 0.25) is 11.8 Å². The van der Waals surface area contributed by atoms with Gasteiger partial charge in [0.1, 0.15) is 5.82 Å². The first kappa shape index (κ1) is 12.1. The first-order valence-corrected chi connectivity index (χ1v) is 5.28. The van der Waals surface area contributed by atoms with E-state index in [0.717, 1.165) is 5.01 Å². The van der Waals surface area contributed by atoms with E-state index in [-0.39, 0.29) is 36.8 Å². The van der Waals surface area contributed by atoms with Crippen molar-refractivity contribution in [2.24, 2.45) is 5.84 Å². The van der Waals surface area contributed by atoms with Crippen LogP contribution in [0.2, 0.25) is 0 Å². The van der Waals surface area contributed by atoms with Crippen molar-refractivity contribution in [1.82, 2.24) is 15.4 Å². The summed E-state index contributed by atoms with van der Waals surface area (Å²) in [6.45, 7) is -0.0944. The summed E-state index contributed by atoms with van der Waals surface area (Å²) in [6.07, 6.45) is 3.03. The minimum Gasteiger partial charge on any atom is -0.478 e. The minimum atomic E-state index is -1.11. The van der Waals surface area contributed by atoms with Crippen molar-refractivity contribution in [3.8, 4) is 0 Å². The number of amides is 2. The normalized spacial score (nSPS) is 19.8. The van der Waals surface area contributed by atoms with Crippen LogP contribution in [0.4, 0.5) is 0 Å². The number of aliphatic carboxylic acids is 1. The van der Waals surface area contributed by atoms with Crippen molar-refractivity contribution in [2.75, 3.05) is 6.54 Å². The van der Waals surface area contributed by atoms with Gasteiger partial charge in [-0.15, -0.1) is 0 Å². The third-order valence-electron chi connectivity index (χ3n) is 2.73. The molecule has 1 fully saturated rings. The van der Waals surface area contributed by atoms with E-state index in [1.165, 1.54) is 17.2 Å². The van der Waals surface area contributed by atoms with Crippen LogP contribution in [0.5, 0.6) is 0 Å². The fourth-order valence-corrected chi connectivity index (χ4v) is 1.84. The number of hydrogen-bond donors (Lipinski definition) is 3. The number of carboxylic acids is 1. The Bertz CT molecular complexity index is 466. The van der Waals surface area contributed by atoms with E-state index in [9.17, 15) is 14.4 Å². The van der Waals surface area contributed by atoms with Crippen LogP contribution in [0, 0.1) is 0 Å². The van der Waals surface area contributed by atoms with E-state index in [0.29, 0.717) is 5.82 Å². The van der Waals surface area contributed by atoms with Crippen LogP contribution in [-0.4, -0.2) is 39.5 Å². The zero-order valence-corrected chi connectivity index (χ0v) is 9.42. The molecule has 2 aliphatic heterocycles. The van der Waals surface area contributed by atoms with Gasteiger partial charge >= 0.3 is 5.97 Å². The van der Waals surface area contributed by atoms with Gasteiger partial charge in [-0.05, 0) is 12.2 Å². The Morgan fingerprint density at radius 3 is 2.39 bits per heavy atom. The Labute approximate surface area is 102 Å². The summed E-state index contributed by atoms with van der Waals surface area (Å²) in [5.41, 5.74) is 2.41. The molecule has 0 spiro atoms. The Hall–Kier alpha value is -2.35. The third-order valence-corrected chi connectivity index (χ3v) is 2.73. The predicted octanol–water partition coefficient (Wildman–Crippen LogP) is -1.32. The molecule has 0 aromatic carbocycles. The van der Waals surface area contributed by atoms with E-state index < -0.39 is 5.97 Å². The highest BCUT2D eigenvalue weighted by Gasteiger charge is 2.36. The maximum Gasteiger partial charge on any atom is 0.333 e. The van der Waals surface area contributed by atoms with Gasteiger partial charge in [-0.1, -0.05) is 0 Å². The second-order valence-electron chi connectivity index (χ2n) is 3.85. The standard InChI is InChI=1S/C10H12N4O4/c11-12-7-2-1-6(10(17)18)5-13(7)14-8(15)3-4-9(14)16/h1-2,12H,3-5,11H2,(H,17,18). The summed E-state index contributed by atoms with van der Waals surface area (Å²) in [5.74, 6) is 3.74. The maximum absolute atomic E-state index is 11.6. The molecule has 4 N–H and O–H groups in total. The highest BCUT2D eigenvalue weighted by Crippen LogP contribution is 2.21. The highest BCUT2D eigenvalue weighted by atomic mass is 16.4. The number of hydrazine groups is 2. The minimum absolute atomic E-state index is 0.0708. The molecule has 18 heavy (non-hydrogen) atoms. The Morgan fingerprint density at radius 1 is 1.28 bits per heavy atom. The summed E-state index contributed by atoms with van der Waals surface area (Å²) in [5, 5.41) is 11.1. The Kier molecular flexibility index (Phi) is 3.02. The third kappa shape index (κ3) is 1.93. The van der Waals surface area contributed by atoms with Crippen molar-refractivity contribution >= 4 is 17.8 Å². The van der Waals surface area contributed by atoms with Gasteiger partial charge < -0.3 is 10.5 Å². The molecule has 2 amide bonds. The zero-order valence-electron chi connectivity index (χ0n) is 9.42. The van der Waals surface area contributed by atoms with Gasteiger partial charge in [-0.3, -0.25) is 14.6 Å². The largest absolute Gasteiger partial charge is 0.478 e. The molecule has 0 bridgehead atoms. The maximum atomic E-state index is 11.6. The quantitative estimate of drug-likeness (QED) is 0.324. The predicted molar refractivity (Wildman–Crippen MR) is 58.9 cm³/mol. The smallest absolute Gasteiger partial charge is 0.333 e. The molecule has 2 rings (SSSR count). The number of nitrogens with two attached hydrogens (primary N) is 1. The van der Waals surface area contributed by atoms with E-state index in [2.05, 4.69) is 5.43 Å². The van der Waals surface area contributed by atoms with Crippen LogP contribution in [0.15, 0.2) is 23.5 Å². The second kappa shape index (κ2) is 4.49. The van der Waals surface area contributed by atoms with Gasteiger partial charge in [0.15, 0.2) is 0 Å². The number of carbonyl (C=O) groups excluding carboxylic acids is 2. The second-order valence-corrected chi connectivity index (χ2v) is 3.85. The van der Waals surface area contributed by atoms with Gasteiger partial charge in [-0.2, -0.15) is 5.01 Å².